The molecule has 0 radical (unpaired) electrons. The zero-order chi connectivity index (χ0) is 9.84. The molecule has 74 valence electrons. The zero-order valence-corrected chi connectivity index (χ0v) is 8.42. The van der Waals surface area contributed by atoms with Crippen LogP contribution in [0.3, 0.4) is 0 Å². The van der Waals surface area contributed by atoms with E-state index in [1.807, 2.05) is 0 Å². The Hall–Kier alpha value is -0.740. The summed E-state index contributed by atoms with van der Waals surface area (Å²) in [7, 11) is 3.84. The Balaban J connectivity index is 2.43. The van der Waals surface area contributed by atoms with Crippen LogP contribution in [0.25, 0.3) is 0 Å². The fourth-order valence-corrected chi connectivity index (χ4v) is 1.62. The van der Waals surface area contributed by atoms with Gasteiger partial charge in [0, 0.05) is 13.0 Å². The number of carbonyl (C=O) groups is 1. The average molecular weight is 184 g/mol. The smallest absolute Gasteiger partial charge is 0.307 e. The van der Waals surface area contributed by atoms with Crippen molar-refractivity contribution in [1.29, 1.82) is 0 Å². The number of hydrogen-bond acceptors (Lipinski definition) is 3. The largest absolute Gasteiger partial charge is 0.400 e. The Bertz CT molecular complexity index is 215. The highest BCUT2D eigenvalue weighted by atomic mass is 16.2. The van der Waals surface area contributed by atoms with Crippen molar-refractivity contribution in [2.24, 2.45) is 0 Å². The highest BCUT2D eigenvalue weighted by molar-refractivity contribution is 5.71. The van der Waals surface area contributed by atoms with Crippen molar-refractivity contribution in [3.05, 3.63) is 0 Å². The lowest BCUT2D eigenvalue weighted by Gasteiger charge is -2.07. The summed E-state index contributed by atoms with van der Waals surface area (Å²) in [5.74, 6) is 0.0720. The Morgan fingerprint density at radius 1 is 1.77 bits per heavy atom. The minimum atomic E-state index is 0.0720. The van der Waals surface area contributed by atoms with Crippen LogP contribution >= 0.6 is 0 Å². The second kappa shape index (κ2) is 4.48. The molecule has 0 saturated carbocycles. The van der Waals surface area contributed by atoms with E-state index in [4.69, 9.17) is 0 Å². The van der Waals surface area contributed by atoms with Crippen LogP contribution in [-0.2, 0) is 4.79 Å². The summed E-state index contributed by atoms with van der Waals surface area (Å²) in [6.45, 7) is 6.17. The van der Waals surface area contributed by atoms with Crippen LogP contribution < -0.4 is 5.32 Å². The number of nitrogens with one attached hydrogen (secondary N) is 1. The van der Waals surface area contributed by atoms with Gasteiger partial charge in [0.25, 0.3) is 0 Å². The maximum absolute atomic E-state index is 11.4. The van der Waals surface area contributed by atoms with Crippen LogP contribution in [0.5, 0.6) is 0 Å². The van der Waals surface area contributed by atoms with Crippen LogP contribution in [0.4, 0.5) is 0 Å². The minimum Gasteiger partial charge on any atom is -0.307 e. The summed E-state index contributed by atoms with van der Waals surface area (Å²) in [5.41, 5.74) is 0. The van der Waals surface area contributed by atoms with Crippen LogP contribution in [0.1, 0.15) is 6.42 Å². The van der Waals surface area contributed by atoms with Gasteiger partial charge in [-0.05, 0) is 14.1 Å². The molecule has 1 atom stereocenters. The Morgan fingerprint density at radius 2 is 2.46 bits per heavy atom. The molecule has 13 heavy (non-hydrogen) atoms. The summed E-state index contributed by atoms with van der Waals surface area (Å²) in [5, 5.41) is 2.84. The summed E-state index contributed by atoms with van der Waals surface area (Å²) in [6.07, 6.45) is 1.04. The molecule has 0 aromatic carbocycles. The number of likely N-dealkylation sites (tertiary alicyclic amines) is 1. The van der Waals surface area contributed by atoms with Crippen molar-refractivity contribution in [2.45, 2.75) is 12.5 Å². The normalized spacial score (nSPS) is 23.4. The molecular formula is C9H18N3O+. The fourth-order valence-electron chi connectivity index (χ4n) is 1.62. The maximum Gasteiger partial charge on any atom is 0.400 e. The van der Waals surface area contributed by atoms with Gasteiger partial charge in [-0.1, -0.05) is 0 Å². The zero-order valence-electron chi connectivity index (χ0n) is 8.42. The van der Waals surface area contributed by atoms with Crippen LogP contribution in [0.15, 0.2) is 0 Å². The highest BCUT2D eigenvalue weighted by Gasteiger charge is 2.31. The molecule has 0 aliphatic carbocycles. The molecule has 1 rings (SSSR count). The lowest BCUT2D eigenvalue weighted by Crippen LogP contribution is -2.37. The molecule has 0 aromatic rings. The standard InChI is InChI=1S/C9H18N3O/c1-10-6-9(13)12(3)8-4-5-11(2)7-8/h8,10H,3-7H2,1-2H3/q+1/t8-/m1/s1. The first-order valence-electron chi connectivity index (χ1n) is 4.61. The van der Waals surface area contributed by atoms with Gasteiger partial charge < -0.3 is 5.32 Å². The maximum atomic E-state index is 11.4. The van der Waals surface area contributed by atoms with Gasteiger partial charge in [0.1, 0.15) is 13.3 Å². The van der Waals surface area contributed by atoms with Gasteiger partial charge in [-0.15, -0.1) is 0 Å². The van der Waals surface area contributed by atoms with Crippen LogP contribution in [0, 0.1) is 0 Å². The Kier molecular flexibility index (Phi) is 3.57. The van der Waals surface area contributed by atoms with Crippen LogP contribution in [-0.4, -0.2) is 61.9 Å². The van der Waals surface area contributed by atoms with Gasteiger partial charge >= 0.3 is 5.91 Å². The number of nitrogens with zero attached hydrogens (tertiary/aromatic N) is 2. The molecule has 1 amide bonds. The molecule has 1 fully saturated rings. The van der Waals surface area contributed by atoms with E-state index in [9.17, 15) is 4.79 Å². The third-order valence-corrected chi connectivity index (χ3v) is 2.46. The van der Waals surface area contributed by atoms with E-state index in [1.165, 1.54) is 0 Å². The van der Waals surface area contributed by atoms with Crippen molar-refractivity contribution in [1.82, 2.24) is 10.2 Å². The second-order valence-electron chi connectivity index (χ2n) is 3.60. The lowest BCUT2D eigenvalue weighted by atomic mass is 10.2. The molecule has 0 unspecified atom stereocenters. The van der Waals surface area contributed by atoms with E-state index >= 15 is 0 Å². The molecule has 1 N–H and O–H groups in total. The van der Waals surface area contributed by atoms with E-state index in [0.717, 1.165) is 19.5 Å². The van der Waals surface area contributed by atoms with Gasteiger partial charge in [0.05, 0.1) is 6.54 Å². The molecule has 1 aliphatic heterocycles. The highest BCUT2D eigenvalue weighted by Crippen LogP contribution is 2.09. The van der Waals surface area contributed by atoms with Crippen molar-refractivity contribution in [2.75, 3.05) is 33.7 Å². The van der Waals surface area contributed by atoms with E-state index in [1.54, 1.807) is 11.6 Å². The molecule has 4 nitrogen and oxygen atoms in total. The van der Waals surface area contributed by atoms with Crippen molar-refractivity contribution >= 4 is 12.6 Å². The molecule has 0 spiro atoms. The molecular weight excluding hydrogens is 166 g/mol. The third kappa shape index (κ3) is 2.60. The van der Waals surface area contributed by atoms with Crippen LogP contribution in [0.2, 0.25) is 0 Å². The van der Waals surface area contributed by atoms with Crippen molar-refractivity contribution < 1.29 is 9.37 Å². The predicted molar refractivity (Wildman–Crippen MR) is 52.2 cm³/mol. The minimum absolute atomic E-state index is 0.0720. The first kappa shape index (κ1) is 10.3. The van der Waals surface area contributed by atoms with E-state index < -0.39 is 0 Å². The molecule has 1 aliphatic rings. The number of rotatable bonds is 3. The van der Waals surface area contributed by atoms with Crippen molar-refractivity contribution in [3.63, 3.8) is 0 Å². The first-order chi connectivity index (χ1) is 6.15. The number of hydrogen-bond donors (Lipinski definition) is 1. The third-order valence-electron chi connectivity index (χ3n) is 2.46. The van der Waals surface area contributed by atoms with Crippen molar-refractivity contribution in [3.8, 4) is 0 Å². The van der Waals surface area contributed by atoms with Gasteiger partial charge in [0.2, 0.25) is 0 Å². The summed E-state index contributed by atoms with van der Waals surface area (Å²) in [4.78, 5) is 13.6. The molecule has 4 heteroatoms. The quantitative estimate of drug-likeness (QED) is 0.458. The second-order valence-corrected chi connectivity index (χ2v) is 3.60. The van der Waals surface area contributed by atoms with Gasteiger partial charge in [-0.2, -0.15) is 4.58 Å². The van der Waals surface area contributed by atoms with Gasteiger partial charge in [0.15, 0.2) is 6.04 Å². The topological polar surface area (TPSA) is 35.4 Å². The Labute approximate surface area is 79.2 Å². The SMILES string of the molecule is C=[N+](C(=O)CNC)[C@@H]1CCN(C)C1. The summed E-state index contributed by atoms with van der Waals surface area (Å²) >= 11 is 0. The summed E-state index contributed by atoms with van der Waals surface area (Å²) < 4.78 is 1.61. The summed E-state index contributed by atoms with van der Waals surface area (Å²) in [6, 6.07) is 0.297. The fraction of sp³-hybridized carbons (Fsp3) is 0.778. The van der Waals surface area contributed by atoms with Gasteiger partial charge in [-0.3, -0.25) is 4.90 Å². The number of likely N-dealkylation sites (N-methyl/N-ethyl adjacent to an activating group) is 2. The molecule has 1 saturated heterocycles. The van der Waals surface area contributed by atoms with E-state index in [2.05, 4.69) is 24.0 Å². The molecule has 0 aromatic heterocycles. The lowest BCUT2D eigenvalue weighted by molar-refractivity contribution is -0.476. The van der Waals surface area contributed by atoms with Gasteiger partial charge in [-0.25, -0.2) is 4.79 Å². The molecule has 1 heterocycles. The number of carbonyl (C=O) groups excluding carboxylic acids is 1. The Morgan fingerprint density at radius 3 is 2.92 bits per heavy atom. The average Bonchev–Trinajstić information content (AvgIpc) is 2.51. The predicted octanol–water partition coefficient (Wildman–Crippen LogP) is -0.850. The number of amides is 1. The monoisotopic (exact) mass is 184 g/mol. The van der Waals surface area contributed by atoms with E-state index in [-0.39, 0.29) is 5.91 Å². The van der Waals surface area contributed by atoms with E-state index in [0.29, 0.717) is 12.6 Å². The molecule has 0 bridgehead atoms. The first-order valence-corrected chi connectivity index (χ1v) is 4.61.